The van der Waals surface area contributed by atoms with Gasteiger partial charge in [0, 0.05) is 12.6 Å². The zero-order chi connectivity index (χ0) is 11.5. The van der Waals surface area contributed by atoms with Crippen molar-refractivity contribution in [1.29, 1.82) is 0 Å². The molecule has 3 heteroatoms. The van der Waals surface area contributed by atoms with Gasteiger partial charge in [-0.3, -0.25) is 0 Å². The predicted octanol–water partition coefficient (Wildman–Crippen LogP) is 4.42. The van der Waals surface area contributed by atoms with Gasteiger partial charge in [0.25, 0.3) is 0 Å². The lowest BCUT2D eigenvalue weighted by Gasteiger charge is -2.32. The van der Waals surface area contributed by atoms with Crippen LogP contribution >= 0.6 is 27.3 Å². The summed E-state index contributed by atoms with van der Waals surface area (Å²) in [5, 5.41) is 5.93. The van der Waals surface area contributed by atoms with E-state index in [1.165, 1.54) is 28.6 Å². The predicted molar refractivity (Wildman–Crippen MR) is 74.8 cm³/mol. The molecular weight excluding hydrogens is 282 g/mol. The molecule has 0 radical (unpaired) electrons. The largest absolute Gasteiger partial charge is 0.310 e. The Hall–Kier alpha value is 0.140. The highest BCUT2D eigenvalue weighted by Gasteiger charge is 2.23. The molecule has 2 unspecified atom stereocenters. The molecule has 2 rings (SSSR count). The van der Waals surface area contributed by atoms with Gasteiger partial charge in [-0.15, -0.1) is 11.3 Å². The van der Waals surface area contributed by atoms with E-state index in [1.807, 2.05) is 0 Å². The topological polar surface area (TPSA) is 12.0 Å². The van der Waals surface area contributed by atoms with Crippen molar-refractivity contribution in [2.45, 2.75) is 45.7 Å². The molecule has 1 saturated carbocycles. The van der Waals surface area contributed by atoms with Crippen molar-refractivity contribution in [1.82, 2.24) is 5.32 Å². The molecule has 0 aliphatic heterocycles. The summed E-state index contributed by atoms with van der Waals surface area (Å²) in [6.07, 6.45) is 4.09. The molecule has 1 aromatic heterocycles. The van der Waals surface area contributed by atoms with Crippen LogP contribution in [0.4, 0.5) is 0 Å². The van der Waals surface area contributed by atoms with Gasteiger partial charge in [-0.25, -0.2) is 0 Å². The maximum atomic E-state index is 3.70. The summed E-state index contributed by atoms with van der Waals surface area (Å²) in [5.74, 6) is 1.77. The lowest BCUT2D eigenvalue weighted by Crippen LogP contribution is -2.35. The second-order valence-corrected chi connectivity index (χ2v) is 7.54. The lowest BCUT2D eigenvalue weighted by molar-refractivity contribution is 0.238. The second kappa shape index (κ2) is 5.65. The van der Waals surface area contributed by atoms with Crippen LogP contribution in [0.5, 0.6) is 0 Å². The Morgan fingerprint density at radius 1 is 1.31 bits per heavy atom. The highest BCUT2D eigenvalue weighted by Crippen LogP contribution is 2.29. The molecule has 1 aromatic rings. The van der Waals surface area contributed by atoms with Crippen LogP contribution in [0.1, 0.15) is 38.7 Å². The van der Waals surface area contributed by atoms with E-state index in [-0.39, 0.29) is 0 Å². The third-order valence-electron chi connectivity index (χ3n) is 3.40. The molecule has 2 atom stereocenters. The van der Waals surface area contributed by atoms with Crippen LogP contribution < -0.4 is 5.32 Å². The molecule has 1 nitrogen and oxygen atoms in total. The third-order valence-corrected chi connectivity index (χ3v) is 4.95. The van der Waals surface area contributed by atoms with Crippen molar-refractivity contribution in [3.63, 3.8) is 0 Å². The summed E-state index contributed by atoms with van der Waals surface area (Å²) in [6, 6.07) is 2.94. The lowest BCUT2D eigenvalue weighted by atomic mass is 9.80. The van der Waals surface area contributed by atoms with Crippen LogP contribution in [0, 0.1) is 11.8 Å². The second-order valence-electron chi connectivity index (χ2n) is 5.25. The monoisotopic (exact) mass is 301 g/mol. The van der Waals surface area contributed by atoms with Gasteiger partial charge in [-0.2, -0.15) is 0 Å². The highest BCUT2D eigenvalue weighted by molar-refractivity contribution is 9.11. The van der Waals surface area contributed by atoms with Gasteiger partial charge in [0.05, 0.1) is 3.79 Å². The van der Waals surface area contributed by atoms with Crippen molar-refractivity contribution in [2.24, 2.45) is 11.8 Å². The van der Waals surface area contributed by atoms with Crippen LogP contribution in [0.25, 0.3) is 0 Å². The number of halogens is 1. The van der Waals surface area contributed by atoms with E-state index in [0.717, 1.165) is 24.4 Å². The molecule has 90 valence electrons. The first kappa shape index (κ1) is 12.6. The third kappa shape index (κ3) is 3.57. The quantitative estimate of drug-likeness (QED) is 0.871. The normalized spacial score (nSPS) is 30.6. The van der Waals surface area contributed by atoms with E-state index in [1.54, 1.807) is 11.3 Å². The maximum Gasteiger partial charge on any atom is 0.0701 e. The van der Waals surface area contributed by atoms with Crippen LogP contribution in [0.2, 0.25) is 0 Å². The number of hydrogen-bond donors (Lipinski definition) is 1. The van der Waals surface area contributed by atoms with Crippen LogP contribution in [-0.4, -0.2) is 6.04 Å². The van der Waals surface area contributed by atoms with Gasteiger partial charge >= 0.3 is 0 Å². The van der Waals surface area contributed by atoms with E-state index >= 15 is 0 Å². The molecule has 1 heterocycles. The maximum absolute atomic E-state index is 3.70. The molecule has 1 fully saturated rings. The number of rotatable bonds is 3. The molecule has 1 aliphatic carbocycles. The molecule has 0 saturated heterocycles. The van der Waals surface area contributed by atoms with Gasteiger partial charge in [0.1, 0.15) is 0 Å². The minimum Gasteiger partial charge on any atom is -0.310 e. The Kier molecular flexibility index (Phi) is 4.45. The Morgan fingerprint density at radius 2 is 2.00 bits per heavy atom. The fourth-order valence-electron chi connectivity index (χ4n) is 2.81. The average molecular weight is 302 g/mol. The van der Waals surface area contributed by atoms with Crippen LogP contribution in [-0.2, 0) is 6.54 Å². The minimum absolute atomic E-state index is 0.720. The molecule has 0 spiro atoms. The number of thiophene rings is 1. The van der Waals surface area contributed by atoms with E-state index in [2.05, 4.69) is 46.5 Å². The van der Waals surface area contributed by atoms with Gasteiger partial charge in [0.2, 0.25) is 0 Å². The van der Waals surface area contributed by atoms with Crippen molar-refractivity contribution in [2.75, 3.05) is 0 Å². The zero-order valence-corrected chi connectivity index (χ0v) is 12.4. The first-order valence-corrected chi connectivity index (χ1v) is 7.77. The SMILES string of the molecule is CC1CC(C)CC(NCc2csc(Br)c2)C1. The van der Waals surface area contributed by atoms with Crippen molar-refractivity contribution >= 4 is 27.3 Å². The summed E-state index contributed by atoms with van der Waals surface area (Å²) in [7, 11) is 0. The molecule has 1 N–H and O–H groups in total. The Labute approximate surface area is 111 Å². The van der Waals surface area contributed by atoms with Gasteiger partial charge < -0.3 is 5.32 Å². The standard InChI is InChI=1S/C13H20BrNS/c1-9-3-10(2)5-12(4-9)15-7-11-6-13(14)16-8-11/h6,8-10,12,15H,3-5,7H2,1-2H3. The average Bonchev–Trinajstić information content (AvgIpc) is 2.60. The minimum atomic E-state index is 0.720. The molecular formula is C13H20BrNS. The van der Waals surface area contributed by atoms with Crippen molar-refractivity contribution in [3.8, 4) is 0 Å². The van der Waals surface area contributed by atoms with E-state index in [4.69, 9.17) is 0 Å². The van der Waals surface area contributed by atoms with E-state index in [9.17, 15) is 0 Å². The molecule has 0 amide bonds. The van der Waals surface area contributed by atoms with Crippen molar-refractivity contribution < 1.29 is 0 Å². The van der Waals surface area contributed by atoms with Crippen molar-refractivity contribution in [3.05, 3.63) is 20.8 Å². The fourth-order valence-corrected chi connectivity index (χ4v) is 4.02. The molecule has 0 bridgehead atoms. The first-order valence-electron chi connectivity index (χ1n) is 6.09. The van der Waals surface area contributed by atoms with Gasteiger partial charge in [-0.05, 0) is 64.0 Å². The fraction of sp³-hybridized carbons (Fsp3) is 0.692. The number of nitrogens with one attached hydrogen (secondary N) is 1. The van der Waals surface area contributed by atoms with Gasteiger partial charge in [0.15, 0.2) is 0 Å². The summed E-state index contributed by atoms with van der Waals surface area (Å²) in [5.41, 5.74) is 1.41. The Morgan fingerprint density at radius 3 is 2.56 bits per heavy atom. The summed E-state index contributed by atoms with van der Waals surface area (Å²) < 4.78 is 1.23. The summed E-state index contributed by atoms with van der Waals surface area (Å²) in [6.45, 7) is 5.78. The van der Waals surface area contributed by atoms with Gasteiger partial charge in [-0.1, -0.05) is 13.8 Å². The van der Waals surface area contributed by atoms with E-state index in [0.29, 0.717) is 0 Å². The summed E-state index contributed by atoms with van der Waals surface area (Å²) >= 11 is 5.28. The zero-order valence-electron chi connectivity index (χ0n) is 10.0. The van der Waals surface area contributed by atoms with Crippen LogP contribution in [0.15, 0.2) is 15.2 Å². The number of hydrogen-bond acceptors (Lipinski definition) is 2. The summed E-state index contributed by atoms with van der Waals surface area (Å²) in [4.78, 5) is 0. The Balaban J connectivity index is 1.81. The van der Waals surface area contributed by atoms with E-state index < -0.39 is 0 Å². The molecule has 1 aliphatic rings. The highest BCUT2D eigenvalue weighted by atomic mass is 79.9. The molecule has 16 heavy (non-hydrogen) atoms. The Bertz CT molecular complexity index is 326. The first-order chi connectivity index (χ1) is 7.63. The molecule has 0 aromatic carbocycles. The van der Waals surface area contributed by atoms with Crippen LogP contribution in [0.3, 0.4) is 0 Å². The smallest absolute Gasteiger partial charge is 0.0701 e.